The van der Waals surface area contributed by atoms with E-state index in [0.717, 1.165) is 12.0 Å². The number of ether oxygens (including phenoxy) is 1. The zero-order valence-electron chi connectivity index (χ0n) is 16.1. The van der Waals surface area contributed by atoms with Crippen LogP contribution in [0.1, 0.15) is 5.56 Å². The lowest BCUT2D eigenvalue weighted by Crippen LogP contribution is -2.40. The van der Waals surface area contributed by atoms with Crippen LogP contribution in [-0.2, 0) is 11.2 Å². The molecule has 3 aromatic carbocycles. The largest absolute Gasteiger partial charge is 0.482 e. The van der Waals surface area contributed by atoms with Gasteiger partial charge in [-0.05, 0) is 48.4 Å². The van der Waals surface area contributed by atoms with Gasteiger partial charge in [-0.15, -0.1) is 0 Å². The first kappa shape index (κ1) is 19.8. The van der Waals surface area contributed by atoms with Crippen LogP contribution in [0, 0.1) is 0 Å². The van der Waals surface area contributed by atoms with E-state index >= 15 is 0 Å². The molecule has 0 fully saturated rings. The first-order valence-corrected chi connectivity index (χ1v) is 9.91. The summed E-state index contributed by atoms with van der Waals surface area (Å²) in [5.74, 6) is 0.502. The van der Waals surface area contributed by atoms with Crippen molar-refractivity contribution in [2.24, 2.45) is 0 Å². The molecule has 30 heavy (non-hydrogen) atoms. The van der Waals surface area contributed by atoms with Gasteiger partial charge in [0, 0.05) is 22.9 Å². The van der Waals surface area contributed by atoms with Crippen molar-refractivity contribution in [2.45, 2.75) is 6.42 Å². The molecular formula is C23H20ClN3O3. The second-order valence-electron chi connectivity index (χ2n) is 6.84. The smallest absolute Gasteiger partial charge is 0.323 e. The zero-order chi connectivity index (χ0) is 20.9. The number of benzene rings is 3. The fraction of sp³-hybridized carbons (Fsp3) is 0.130. The van der Waals surface area contributed by atoms with Crippen molar-refractivity contribution in [1.29, 1.82) is 0 Å². The van der Waals surface area contributed by atoms with Crippen LogP contribution in [0.15, 0.2) is 72.8 Å². The van der Waals surface area contributed by atoms with E-state index in [1.165, 1.54) is 0 Å². The topological polar surface area (TPSA) is 70.7 Å². The highest BCUT2D eigenvalue weighted by atomic mass is 35.5. The van der Waals surface area contributed by atoms with Gasteiger partial charge in [0.15, 0.2) is 6.61 Å². The number of hydrogen-bond acceptors (Lipinski definition) is 3. The molecule has 4 rings (SSSR count). The first-order chi connectivity index (χ1) is 14.6. The molecule has 0 spiro atoms. The van der Waals surface area contributed by atoms with Crippen molar-refractivity contribution < 1.29 is 14.3 Å². The summed E-state index contributed by atoms with van der Waals surface area (Å²) in [5, 5.41) is 6.05. The third-order valence-corrected chi connectivity index (χ3v) is 4.94. The fourth-order valence-corrected chi connectivity index (χ4v) is 3.46. The lowest BCUT2D eigenvalue weighted by Gasteiger charge is -2.30. The number of nitrogens with one attached hydrogen (secondary N) is 2. The summed E-state index contributed by atoms with van der Waals surface area (Å²) in [4.78, 5) is 26.5. The maximum atomic E-state index is 12.5. The maximum Gasteiger partial charge on any atom is 0.323 e. The zero-order valence-corrected chi connectivity index (χ0v) is 16.9. The number of fused-ring (bicyclic) bond motifs is 1. The van der Waals surface area contributed by atoms with E-state index in [1.54, 1.807) is 47.4 Å². The summed E-state index contributed by atoms with van der Waals surface area (Å²) in [6.45, 7) is 0.529. The van der Waals surface area contributed by atoms with Crippen LogP contribution < -0.4 is 20.3 Å². The van der Waals surface area contributed by atoms with Crippen LogP contribution in [0.3, 0.4) is 0 Å². The molecule has 3 amide bonds. The second-order valence-corrected chi connectivity index (χ2v) is 7.28. The van der Waals surface area contributed by atoms with Crippen molar-refractivity contribution >= 4 is 40.6 Å². The van der Waals surface area contributed by atoms with Gasteiger partial charge in [0.2, 0.25) is 0 Å². The molecule has 0 aromatic heterocycles. The summed E-state index contributed by atoms with van der Waals surface area (Å²) in [7, 11) is 0. The van der Waals surface area contributed by atoms with E-state index in [-0.39, 0.29) is 12.5 Å². The molecule has 6 nitrogen and oxygen atoms in total. The van der Waals surface area contributed by atoms with Crippen LogP contribution in [0.2, 0.25) is 5.02 Å². The van der Waals surface area contributed by atoms with Gasteiger partial charge in [-0.3, -0.25) is 4.79 Å². The molecule has 152 valence electrons. The number of carbonyl (C=O) groups excluding carboxylic acids is 2. The van der Waals surface area contributed by atoms with Crippen molar-refractivity contribution in [2.75, 3.05) is 28.7 Å². The predicted molar refractivity (Wildman–Crippen MR) is 119 cm³/mol. The van der Waals surface area contributed by atoms with E-state index in [1.807, 2.05) is 30.3 Å². The maximum absolute atomic E-state index is 12.5. The molecule has 1 aliphatic rings. The standard InChI is InChI=1S/C23H20ClN3O3/c24-17-7-4-8-18(13-17)25-23(29)26-19-9-10-21-20(14-19)27(22(28)15-30-21)12-11-16-5-2-1-3-6-16/h1-10,13-14H,11-12,15H2,(H2,25,26,29). The van der Waals surface area contributed by atoms with Gasteiger partial charge in [-0.2, -0.15) is 0 Å². The lowest BCUT2D eigenvalue weighted by atomic mass is 10.1. The molecule has 3 aromatic rings. The molecule has 2 N–H and O–H groups in total. The van der Waals surface area contributed by atoms with Gasteiger partial charge in [-0.25, -0.2) is 4.79 Å². The van der Waals surface area contributed by atoms with Crippen molar-refractivity contribution in [3.8, 4) is 5.75 Å². The highest BCUT2D eigenvalue weighted by molar-refractivity contribution is 6.30. The molecular weight excluding hydrogens is 402 g/mol. The van der Waals surface area contributed by atoms with Crippen LogP contribution in [-0.4, -0.2) is 25.1 Å². The number of halogens is 1. The number of anilines is 3. The first-order valence-electron chi connectivity index (χ1n) is 9.53. The minimum absolute atomic E-state index is 0.00379. The fourth-order valence-electron chi connectivity index (χ4n) is 3.27. The van der Waals surface area contributed by atoms with E-state index < -0.39 is 6.03 Å². The van der Waals surface area contributed by atoms with Gasteiger partial charge in [-0.1, -0.05) is 48.0 Å². The third-order valence-electron chi connectivity index (χ3n) is 4.71. The molecule has 0 bridgehead atoms. The summed E-state index contributed by atoms with van der Waals surface area (Å²) >= 11 is 5.95. The quantitative estimate of drug-likeness (QED) is 0.612. The van der Waals surface area contributed by atoms with Crippen molar-refractivity contribution in [3.63, 3.8) is 0 Å². The Bertz CT molecular complexity index is 1070. The Morgan fingerprint density at radius 3 is 2.50 bits per heavy atom. The predicted octanol–water partition coefficient (Wildman–Crippen LogP) is 4.95. The molecule has 0 aliphatic carbocycles. The molecule has 1 heterocycles. The number of nitrogens with zero attached hydrogens (tertiary/aromatic N) is 1. The van der Waals surface area contributed by atoms with Gasteiger partial charge >= 0.3 is 6.03 Å². The Kier molecular flexibility index (Phi) is 5.86. The molecule has 0 saturated heterocycles. The van der Waals surface area contributed by atoms with Crippen LogP contribution in [0.4, 0.5) is 21.9 Å². The van der Waals surface area contributed by atoms with Crippen LogP contribution >= 0.6 is 11.6 Å². The highest BCUT2D eigenvalue weighted by Gasteiger charge is 2.25. The molecule has 1 aliphatic heterocycles. The van der Waals surface area contributed by atoms with Crippen LogP contribution in [0.5, 0.6) is 5.75 Å². The summed E-state index contributed by atoms with van der Waals surface area (Å²) in [6.07, 6.45) is 0.721. The molecule has 0 unspecified atom stereocenters. The van der Waals surface area contributed by atoms with Crippen LogP contribution in [0.25, 0.3) is 0 Å². The minimum Gasteiger partial charge on any atom is -0.482 e. The summed E-state index contributed by atoms with van der Waals surface area (Å²) in [6, 6.07) is 21.7. The van der Waals surface area contributed by atoms with Gasteiger partial charge in [0.05, 0.1) is 5.69 Å². The average Bonchev–Trinajstić information content (AvgIpc) is 2.74. The Labute approximate surface area is 179 Å². The van der Waals surface area contributed by atoms with E-state index in [2.05, 4.69) is 10.6 Å². The summed E-state index contributed by atoms with van der Waals surface area (Å²) in [5.41, 5.74) is 2.92. The van der Waals surface area contributed by atoms with Crippen molar-refractivity contribution in [3.05, 3.63) is 83.4 Å². The molecule has 0 atom stereocenters. The normalized spacial score (nSPS) is 12.7. The SMILES string of the molecule is O=C(Nc1cccc(Cl)c1)Nc1ccc2c(c1)N(CCc1ccccc1)C(=O)CO2. The van der Waals surface area contributed by atoms with Crippen molar-refractivity contribution in [1.82, 2.24) is 0 Å². The number of hydrogen-bond donors (Lipinski definition) is 2. The summed E-state index contributed by atoms with van der Waals surface area (Å²) < 4.78 is 5.55. The average molecular weight is 422 g/mol. The number of rotatable bonds is 5. The Morgan fingerprint density at radius 2 is 1.73 bits per heavy atom. The Balaban J connectivity index is 1.48. The molecule has 0 saturated carbocycles. The lowest BCUT2D eigenvalue weighted by molar-refractivity contribution is -0.121. The molecule has 0 radical (unpaired) electrons. The van der Waals surface area contributed by atoms with Gasteiger partial charge in [0.25, 0.3) is 5.91 Å². The Hall–Kier alpha value is -3.51. The van der Waals surface area contributed by atoms with Gasteiger partial charge in [0.1, 0.15) is 5.75 Å². The van der Waals surface area contributed by atoms with E-state index in [9.17, 15) is 9.59 Å². The number of amides is 3. The number of carbonyl (C=O) groups is 2. The van der Waals surface area contributed by atoms with E-state index in [4.69, 9.17) is 16.3 Å². The molecule has 7 heteroatoms. The minimum atomic E-state index is -0.406. The monoisotopic (exact) mass is 421 g/mol. The second kappa shape index (κ2) is 8.88. The van der Waals surface area contributed by atoms with E-state index in [0.29, 0.717) is 34.4 Å². The highest BCUT2D eigenvalue weighted by Crippen LogP contribution is 2.34. The number of urea groups is 1. The Morgan fingerprint density at radius 1 is 0.967 bits per heavy atom. The van der Waals surface area contributed by atoms with Gasteiger partial charge < -0.3 is 20.3 Å². The third kappa shape index (κ3) is 4.72.